The SMILES string of the molecule is Cc1cnn(C)c1S(=O)(=O)NC1CCc2ncnn2C1. The highest BCUT2D eigenvalue weighted by molar-refractivity contribution is 7.89. The van der Waals surface area contributed by atoms with Crippen molar-refractivity contribution in [1.29, 1.82) is 0 Å². The molecule has 3 heterocycles. The van der Waals surface area contributed by atoms with E-state index in [1.165, 1.54) is 11.0 Å². The molecule has 0 spiro atoms. The second-order valence-corrected chi connectivity index (χ2v) is 6.60. The van der Waals surface area contributed by atoms with Gasteiger partial charge in [0.25, 0.3) is 10.0 Å². The lowest BCUT2D eigenvalue weighted by atomic mass is 10.1. The van der Waals surface area contributed by atoms with E-state index < -0.39 is 10.0 Å². The van der Waals surface area contributed by atoms with Gasteiger partial charge in [-0.25, -0.2) is 22.8 Å². The van der Waals surface area contributed by atoms with Gasteiger partial charge in [-0.15, -0.1) is 0 Å². The van der Waals surface area contributed by atoms with Gasteiger partial charge in [0.15, 0.2) is 5.03 Å². The van der Waals surface area contributed by atoms with Crippen molar-refractivity contribution >= 4 is 10.0 Å². The second kappa shape index (κ2) is 4.67. The Morgan fingerprint density at radius 1 is 1.40 bits per heavy atom. The zero-order valence-electron chi connectivity index (χ0n) is 11.3. The van der Waals surface area contributed by atoms with Crippen LogP contribution in [0.1, 0.15) is 17.8 Å². The molecule has 0 amide bonds. The molecule has 1 N–H and O–H groups in total. The molecule has 0 bridgehead atoms. The third kappa shape index (κ3) is 2.22. The first kappa shape index (κ1) is 13.3. The van der Waals surface area contributed by atoms with Gasteiger partial charge in [-0.05, 0) is 13.3 Å². The highest BCUT2D eigenvalue weighted by atomic mass is 32.2. The van der Waals surface area contributed by atoms with Crippen molar-refractivity contribution < 1.29 is 8.42 Å². The van der Waals surface area contributed by atoms with Crippen molar-refractivity contribution in [2.75, 3.05) is 0 Å². The molecule has 9 heteroatoms. The van der Waals surface area contributed by atoms with Crippen LogP contribution in [0.25, 0.3) is 0 Å². The predicted molar refractivity (Wildman–Crippen MR) is 70.4 cm³/mol. The van der Waals surface area contributed by atoms with Gasteiger partial charge in [-0.1, -0.05) is 0 Å². The number of nitrogens with one attached hydrogen (secondary N) is 1. The van der Waals surface area contributed by atoms with Gasteiger partial charge in [0.2, 0.25) is 0 Å². The summed E-state index contributed by atoms with van der Waals surface area (Å²) in [5.74, 6) is 0.900. The van der Waals surface area contributed by atoms with Crippen LogP contribution in [0.4, 0.5) is 0 Å². The summed E-state index contributed by atoms with van der Waals surface area (Å²) < 4.78 is 30.7. The van der Waals surface area contributed by atoms with Crippen LogP contribution in [0.2, 0.25) is 0 Å². The number of rotatable bonds is 3. The highest BCUT2D eigenvalue weighted by Gasteiger charge is 2.28. The molecule has 0 fully saturated rings. The van der Waals surface area contributed by atoms with Gasteiger partial charge >= 0.3 is 0 Å². The summed E-state index contributed by atoms with van der Waals surface area (Å²) in [6, 6.07) is -0.177. The van der Waals surface area contributed by atoms with Crippen molar-refractivity contribution in [2.45, 2.75) is 37.4 Å². The molecule has 2 aromatic rings. The summed E-state index contributed by atoms with van der Waals surface area (Å²) in [7, 11) is -1.95. The normalized spacial score (nSPS) is 19.0. The van der Waals surface area contributed by atoms with Crippen molar-refractivity contribution in [1.82, 2.24) is 29.3 Å². The lowest BCUT2D eigenvalue weighted by molar-refractivity contribution is 0.394. The van der Waals surface area contributed by atoms with Crippen molar-refractivity contribution in [3.63, 3.8) is 0 Å². The minimum atomic E-state index is -3.57. The van der Waals surface area contributed by atoms with E-state index in [4.69, 9.17) is 0 Å². The minimum absolute atomic E-state index is 0.177. The number of fused-ring (bicyclic) bond motifs is 1. The first-order valence-corrected chi connectivity index (χ1v) is 7.83. The Bertz CT molecular complexity index is 712. The predicted octanol–water partition coefficient (Wildman–Crippen LogP) is -0.387. The van der Waals surface area contributed by atoms with E-state index in [1.807, 2.05) is 0 Å². The maximum atomic E-state index is 12.4. The van der Waals surface area contributed by atoms with E-state index in [0.717, 1.165) is 18.7 Å². The van der Waals surface area contributed by atoms with Crippen LogP contribution in [0.15, 0.2) is 17.6 Å². The molecule has 0 aliphatic carbocycles. The quantitative estimate of drug-likeness (QED) is 0.832. The molecule has 1 unspecified atom stereocenters. The van der Waals surface area contributed by atoms with Crippen LogP contribution < -0.4 is 4.72 Å². The summed E-state index contributed by atoms with van der Waals surface area (Å²) in [6.45, 7) is 2.24. The Balaban J connectivity index is 1.82. The third-order valence-corrected chi connectivity index (χ3v) is 5.18. The van der Waals surface area contributed by atoms with Crippen LogP contribution in [-0.2, 0) is 30.0 Å². The monoisotopic (exact) mass is 296 g/mol. The minimum Gasteiger partial charge on any atom is -0.256 e. The third-order valence-electron chi connectivity index (χ3n) is 3.44. The smallest absolute Gasteiger partial charge is 0.256 e. The molecule has 1 aliphatic rings. The van der Waals surface area contributed by atoms with Crippen LogP contribution in [0, 0.1) is 6.92 Å². The van der Waals surface area contributed by atoms with Gasteiger partial charge < -0.3 is 0 Å². The molecular weight excluding hydrogens is 280 g/mol. The number of hydrogen-bond acceptors (Lipinski definition) is 5. The first-order chi connectivity index (χ1) is 9.47. The Labute approximate surface area is 116 Å². The zero-order chi connectivity index (χ0) is 14.3. The van der Waals surface area contributed by atoms with Gasteiger partial charge in [-0.2, -0.15) is 10.2 Å². The maximum absolute atomic E-state index is 12.4. The van der Waals surface area contributed by atoms with Crippen molar-refractivity contribution in [3.8, 4) is 0 Å². The Morgan fingerprint density at radius 2 is 2.20 bits per heavy atom. The molecule has 0 saturated carbocycles. The number of hydrogen-bond donors (Lipinski definition) is 1. The zero-order valence-corrected chi connectivity index (χ0v) is 12.1. The van der Waals surface area contributed by atoms with Crippen LogP contribution in [0.3, 0.4) is 0 Å². The lowest BCUT2D eigenvalue weighted by Gasteiger charge is -2.23. The maximum Gasteiger partial charge on any atom is 0.258 e. The van der Waals surface area contributed by atoms with Gasteiger partial charge in [-0.3, -0.25) is 4.68 Å². The van der Waals surface area contributed by atoms with Gasteiger partial charge in [0, 0.05) is 25.1 Å². The van der Waals surface area contributed by atoms with E-state index in [2.05, 4.69) is 19.9 Å². The van der Waals surface area contributed by atoms with E-state index in [0.29, 0.717) is 12.1 Å². The Kier molecular flexibility index (Phi) is 3.09. The standard InChI is InChI=1S/C11H16N6O2S/c1-8-5-13-16(2)11(8)20(18,19)15-9-3-4-10-12-7-14-17(10)6-9/h5,7,9,15H,3-4,6H2,1-2H3. The molecule has 20 heavy (non-hydrogen) atoms. The second-order valence-electron chi connectivity index (χ2n) is 4.97. The first-order valence-electron chi connectivity index (χ1n) is 6.35. The number of aryl methyl sites for hydroxylation is 3. The van der Waals surface area contributed by atoms with Crippen LogP contribution >= 0.6 is 0 Å². The van der Waals surface area contributed by atoms with Crippen LogP contribution in [-0.4, -0.2) is 39.0 Å². The highest BCUT2D eigenvalue weighted by Crippen LogP contribution is 2.17. The Morgan fingerprint density at radius 3 is 2.90 bits per heavy atom. The fraction of sp³-hybridized carbons (Fsp3) is 0.545. The molecule has 1 aliphatic heterocycles. The number of aromatic nitrogens is 5. The summed E-state index contributed by atoms with van der Waals surface area (Å²) in [5.41, 5.74) is 0.636. The molecule has 1 atom stereocenters. The molecule has 0 radical (unpaired) electrons. The average molecular weight is 296 g/mol. The number of sulfonamides is 1. The average Bonchev–Trinajstić information content (AvgIpc) is 2.95. The molecule has 2 aromatic heterocycles. The summed E-state index contributed by atoms with van der Waals surface area (Å²) >= 11 is 0. The van der Waals surface area contributed by atoms with Crippen LogP contribution in [0.5, 0.6) is 0 Å². The topological polar surface area (TPSA) is 94.7 Å². The summed E-state index contributed by atoms with van der Waals surface area (Å²) in [4.78, 5) is 4.13. The van der Waals surface area contributed by atoms with E-state index in [-0.39, 0.29) is 11.1 Å². The molecule has 0 aromatic carbocycles. The van der Waals surface area contributed by atoms with Crippen molar-refractivity contribution in [3.05, 3.63) is 23.9 Å². The summed E-state index contributed by atoms with van der Waals surface area (Å²) in [6.07, 6.45) is 4.48. The van der Waals surface area contributed by atoms with Gasteiger partial charge in [0.05, 0.1) is 12.7 Å². The molecule has 108 valence electrons. The fourth-order valence-corrected chi connectivity index (χ4v) is 4.15. The van der Waals surface area contributed by atoms with Gasteiger partial charge in [0.1, 0.15) is 12.2 Å². The fourth-order valence-electron chi connectivity index (χ4n) is 2.53. The summed E-state index contributed by atoms with van der Waals surface area (Å²) in [5, 5.41) is 8.27. The van der Waals surface area contributed by atoms with E-state index >= 15 is 0 Å². The number of nitrogens with zero attached hydrogens (tertiary/aromatic N) is 5. The molecular formula is C11H16N6O2S. The largest absolute Gasteiger partial charge is 0.258 e. The lowest BCUT2D eigenvalue weighted by Crippen LogP contribution is -2.42. The molecule has 3 rings (SSSR count). The molecule has 8 nitrogen and oxygen atoms in total. The van der Waals surface area contributed by atoms with E-state index in [1.54, 1.807) is 24.9 Å². The van der Waals surface area contributed by atoms with Crippen molar-refractivity contribution in [2.24, 2.45) is 7.05 Å². The Hall–Kier alpha value is -1.74. The van der Waals surface area contributed by atoms with E-state index in [9.17, 15) is 8.42 Å². The molecule has 0 saturated heterocycles.